The molecule has 0 aromatic heterocycles. The molecule has 0 aromatic rings. The molecule has 2 saturated heterocycles. The number of amides is 2. The largest absolute Gasteiger partial charge is 0.368 e. The molecule has 7 heteroatoms. The quantitative estimate of drug-likeness (QED) is 0.707. The van der Waals surface area contributed by atoms with Gasteiger partial charge in [-0.05, 0) is 19.3 Å². The number of hydrogen-bond donors (Lipinski definition) is 0. The maximum atomic E-state index is 11.5. The number of nitrogens with zero attached hydrogens (tertiary/aromatic N) is 1. The highest BCUT2D eigenvalue weighted by atomic mass is 32.2. The third kappa shape index (κ3) is 3.46. The summed E-state index contributed by atoms with van der Waals surface area (Å²) in [5.74, 6) is -1.40. The van der Waals surface area contributed by atoms with Crippen molar-refractivity contribution in [2.24, 2.45) is 0 Å². The van der Waals surface area contributed by atoms with Crippen LogP contribution >= 0.6 is 11.8 Å². The fourth-order valence-electron chi connectivity index (χ4n) is 1.79. The molecule has 2 amide bonds. The maximum Gasteiger partial charge on any atom is 0.343 e. The number of carbonyl (C=O) groups excluding carboxylic acids is 3. The monoisotopic (exact) mass is 273 g/mol. The van der Waals surface area contributed by atoms with Crippen molar-refractivity contribution >= 4 is 29.5 Å². The molecule has 0 spiro atoms. The zero-order valence-electron chi connectivity index (χ0n) is 9.92. The van der Waals surface area contributed by atoms with Crippen molar-refractivity contribution in [1.29, 1.82) is 0 Å². The summed E-state index contributed by atoms with van der Waals surface area (Å²) in [5.41, 5.74) is 0.0104. The Balaban J connectivity index is 1.71. The normalized spacial score (nSPS) is 24.4. The molecule has 1 atom stereocenters. The third-order valence-electron chi connectivity index (χ3n) is 2.72. The Morgan fingerprint density at radius 2 is 2.06 bits per heavy atom. The second kappa shape index (κ2) is 6.19. The third-order valence-corrected chi connectivity index (χ3v) is 3.87. The molecular weight excluding hydrogens is 258 g/mol. The van der Waals surface area contributed by atoms with Crippen LogP contribution in [-0.2, 0) is 24.0 Å². The first kappa shape index (κ1) is 13.4. The highest BCUT2D eigenvalue weighted by Gasteiger charge is 2.32. The van der Waals surface area contributed by atoms with Crippen LogP contribution in [0.1, 0.15) is 32.1 Å². The van der Waals surface area contributed by atoms with Crippen molar-refractivity contribution in [3.05, 3.63) is 0 Å². The van der Waals surface area contributed by atoms with Crippen LogP contribution in [0.3, 0.4) is 0 Å². The van der Waals surface area contributed by atoms with Gasteiger partial charge in [-0.3, -0.25) is 9.59 Å². The second-order valence-electron chi connectivity index (χ2n) is 4.15. The summed E-state index contributed by atoms with van der Waals surface area (Å²) in [6.07, 6.45) is 3.30. The molecule has 2 heterocycles. The molecule has 0 saturated carbocycles. The zero-order valence-corrected chi connectivity index (χ0v) is 10.7. The van der Waals surface area contributed by atoms with Gasteiger partial charge in [0.1, 0.15) is 5.44 Å². The molecular formula is C11H15NO5S. The van der Waals surface area contributed by atoms with Gasteiger partial charge in [0.15, 0.2) is 0 Å². The molecule has 2 aliphatic rings. The maximum absolute atomic E-state index is 11.5. The summed E-state index contributed by atoms with van der Waals surface area (Å²) in [6, 6.07) is 0. The molecule has 0 N–H and O–H groups in total. The molecule has 0 bridgehead atoms. The van der Waals surface area contributed by atoms with Gasteiger partial charge in [0.25, 0.3) is 11.8 Å². The Labute approximate surface area is 109 Å². The first-order chi connectivity index (χ1) is 8.66. The van der Waals surface area contributed by atoms with E-state index in [1.165, 1.54) is 11.8 Å². The van der Waals surface area contributed by atoms with E-state index in [0.717, 1.165) is 25.9 Å². The molecule has 2 rings (SSSR count). The van der Waals surface area contributed by atoms with Crippen LogP contribution in [0.2, 0.25) is 0 Å². The molecule has 6 nitrogen and oxygen atoms in total. The van der Waals surface area contributed by atoms with Gasteiger partial charge in [-0.25, -0.2) is 4.79 Å². The lowest BCUT2D eigenvalue weighted by molar-refractivity contribution is -0.195. The molecule has 0 aromatic carbocycles. The van der Waals surface area contributed by atoms with E-state index in [2.05, 4.69) is 0 Å². The summed E-state index contributed by atoms with van der Waals surface area (Å²) in [6.45, 7) is 0.718. The lowest BCUT2D eigenvalue weighted by Crippen LogP contribution is -2.33. The van der Waals surface area contributed by atoms with E-state index < -0.39 is 17.8 Å². The number of ether oxygens (including phenoxy) is 1. The van der Waals surface area contributed by atoms with Gasteiger partial charge in [-0.1, -0.05) is 0 Å². The van der Waals surface area contributed by atoms with E-state index in [1.54, 1.807) is 0 Å². The Kier molecular flexibility index (Phi) is 4.60. The highest BCUT2D eigenvalue weighted by Crippen LogP contribution is 2.23. The van der Waals surface area contributed by atoms with E-state index in [-0.39, 0.29) is 24.0 Å². The number of hydroxylamine groups is 2. The minimum Gasteiger partial charge on any atom is -0.368 e. The van der Waals surface area contributed by atoms with Gasteiger partial charge in [0.2, 0.25) is 0 Å². The van der Waals surface area contributed by atoms with Crippen molar-refractivity contribution in [3.63, 3.8) is 0 Å². The van der Waals surface area contributed by atoms with Crippen LogP contribution in [0.15, 0.2) is 0 Å². The predicted molar refractivity (Wildman–Crippen MR) is 63.2 cm³/mol. The Morgan fingerprint density at radius 3 is 2.67 bits per heavy atom. The van der Waals surface area contributed by atoms with Crippen LogP contribution in [0, 0.1) is 0 Å². The first-order valence-corrected chi connectivity index (χ1v) is 7.01. The summed E-state index contributed by atoms with van der Waals surface area (Å²) >= 11 is 1.35. The Bertz CT molecular complexity index is 337. The van der Waals surface area contributed by atoms with Gasteiger partial charge in [-0.2, -0.15) is 0 Å². The first-order valence-electron chi connectivity index (χ1n) is 5.96. The van der Waals surface area contributed by atoms with E-state index in [0.29, 0.717) is 5.06 Å². The fraction of sp³-hybridized carbons (Fsp3) is 0.727. The van der Waals surface area contributed by atoms with Crippen LogP contribution in [0.5, 0.6) is 0 Å². The minimum atomic E-state index is -0.585. The molecule has 0 radical (unpaired) electrons. The van der Waals surface area contributed by atoms with Crippen molar-refractivity contribution in [1.82, 2.24) is 5.06 Å². The van der Waals surface area contributed by atoms with Gasteiger partial charge in [-0.15, -0.1) is 16.8 Å². The number of thioether (sulfide) groups is 1. The van der Waals surface area contributed by atoms with E-state index >= 15 is 0 Å². The lowest BCUT2D eigenvalue weighted by Gasteiger charge is -2.21. The van der Waals surface area contributed by atoms with Crippen molar-refractivity contribution in [2.45, 2.75) is 37.5 Å². The smallest absolute Gasteiger partial charge is 0.343 e. The highest BCUT2D eigenvalue weighted by molar-refractivity contribution is 8.00. The van der Waals surface area contributed by atoms with Crippen LogP contribution in [-0.4, -0.2) is 40.6 Å². The number of carbonyl (C=O) groups is 3. The number of hydrogen-bond acceptors (Lipinski definition) is 6. The van der Waals surface area contributed by atoms with Crippen LogP contribution < -0.4 is 0 Å². The molecule has 2 fully saturated rings. The number of rotatable bonds is 4. The summed E-state index contributed by atoms with van der Waals surface area (Å²) < 4.78 is 5.45. The number of imide groups is 1. The SMILES string of the molecule is O=C(CSC1CCCCO1)ON1C(=O)CCC1=O. The minimum absolute atomic E-state index is 0.0104. The summed E-state index contributed by atoms with van der Waals surface area (Å²) in [4.78, 5) is 38.7. The van der Waals surface area contributed by atoms with Gasteiger partial charge < -0.3 is 9.57 Å². The zero-order chi connectivity index (χ0) is 13.0. The fourth-order valence-corrected chi connectivity index (χ4v) is 2.69. The molecule has 18 heavy (non-hydrogen) atoms. The van der Waals surface area contributed by atoms with Crippen molar-refractivity contribution < 1.29 is 24.0 Å². The van der Waals surface area contributed by atoms with Crippen LogP contribution in [0.4, 0.5) is 0 Å². The topological polar surface area (TPSA) is 72.9 Å². The van der Waals surface area contributed by atoms with Crippen molar-refractivity contribution in [2.75, 3.05) is 12.4 Å². The van der Waals surface area contributed by atoms with Crippen LogP contribution in [0.25, 0.3) is 0 Å². The Hall–Kier alpha value is -1.08. The molecule has 100 valence electrons. The van der Waals surface area contributed by atoms with E-state index in [9.17, 15) is 14.4 Å². The predicted octanol–water partition coefficient (Wildman–Crippen LogP) is 0.853. The average molecular weight is 273 g/mol. The summed E-state index contributed by atoms with van der Waals surface area (Å²) in [5, 5.41) is 0.574. The molecule has 0 aliphatic carbocycles. The second-order valence-corrected chi connectivity index (χ2v) is 5.30. The summed E-state index contributed by atoms with van der Waals surface area (Å²) in [7, 11) is 0. The average Bonchev–Trinajstić information content (AvgIpc) is 2.69. The molecule has 1 unspecified atom stereocenters. The standard InChI is InChI=1S/C11H15NO5S/c13-8-4-5-9(14)12(8)17-10(15)7-18-11-3-1-2-6-16-11/h11H,1-7H2. The van der Waals surface area contributed by atoms with Gasteiger partial charge in [0, 0.05) is 19.4 Å². The van der Waals surface area contributed by atoms with E-state index in [1.807, 2.05) is 0 Å². The molecule has 2 aliphatic heterocycles. The van der Waals surface area contributed by atoms with Gasteiger partial charge >= 0.3 is 5.97 Å². The van der Waals surface area contributed by atoms with Gasteiger partial charge in [0.05, 0.1) is 5.75 Å². The lowest BCUT2D eigenvalue weighted by atomic mass is 10.2. The van der Waals surface area contributed by atoms with E-state index in [4.69, 9.17) is 9.57 Å². The van der Waals surface area contributed by atoms with Crippen molar-refractivity contribution in [3.8, 4) is 0 Å². The Morgan fingerprint density at radius 1 is 1.33 bits per heavy atom.